The van der Waals surface area contributed by atoms with Crippen LogP contribution in [-0.4, -0.2) is 30.1 Å². The lowest BCUT2D eigenvalue weighted by molar-refractivity contribution is -0.116. The molecule has 0 heterocycles. The van der Waals surface area contributed by atoms with E-state index in [2.05, 4.69) is 16.0 Å². The molecule has 2 aromatic carbocycles. The fraction of sp³-hybridized carbons (Fsp3) is 0.375. The molecule has 0 aliphatic heterocycles. The molecule has 2 aromatic rings. The third-order valence-corrected chi connectivity index (χ3v) is 4.48. The first kappa shape index (κ1) is 23.9. The van der Waals surface area contributed by atoms with Crippen molar-refractivity contribution in [2.75, 3.05) is 11.9 Å². The van der Waals surface area contributed by atoms with Gasteiger partial charge in [-0.2, -0.15) is 0 Å². The fourth-order valence-corrected chi connectivity index (χ4v) is 2.69. The van der Waals surface area contributed by atoms with Crippen molar-refractivity contribution in [3.8, 4) is 0 Å². The summed E-state index contributed by atoms with van der Waals surface area (Å²) in [5.74, 6) is -0.343. The highest BCUT2D eigenvalue weighted by Gasteiger charge is 2.16. The van der Waals surface area contributed by atoms with E-state index >= 15 is 0 Å². The topological polar surface area (TPSA) is 96.5 Å². The molecule has 0 aliphatic rings. The molecule has 0 spiro atoms. The van der Waals surface area contributed by atoms with E-state index in [4.69, 9.17) is 4.74 Å². The van der Waals surface area contributed by atoms with Crippen LogP contribution in [0.15, 0.2) is 42.5 Å². The van der Waals surface area contributed by atoms with Crippen molar-refractivity contribution < 1.29 is 19.1 Å². The van der Waals surface area contributed by atoms with Crippen LogP contribution >= 0.6 is 0 Å². The molecule has 2 rings (SSSR count). The number of ether oxygens (including phenoxy) is 1. The van der Waals surface area contributed by atoms with Crippen molar-refractivity contribution >= 4 is 23.6 Å². The van der Waals surface area contributed by atoms with Gasteiger partial charge in [0, 0.05) is 30.8 Å². The third-order valence-electron chi connectivity index (χ3n) is 4.48. The van der Waals surface area contributed by atoms with Gasteiger partial charge < -0.3 is 20.7 Å². The van der Waals surface area contributed by atoms with E-state index in [-0.39, 0.29) is 24.8 Å². The maximum Gasteiger partial charge on any atom is 0.407 e. The zero-order chi connectivity index (χ0) is 23.0. The Labute approximate surface area is 183 Å². The predicted octanol–water partition coefficient (Wildman–Crippen LogP) is 4.09. The Balaban J connectivity index is 1.76. The number of aryl methyl sites for hydroxylation is 2. The van der Waals surface area contributed by atoms with E-state index in [1.807, 2.05) is 44.2 Å². The largest absolute Gasteiger partial charge is 0.444 e. The van der Waals surface area contributed by atoms with E-state index < -0.39 is 11.7 Å². The monoisotopic (exact) mass is 425 g/mol. The van der Waals surface area contributed by atoms with Gasteiger partial charge in [0.1, 0.15) is 5.60 Å². The molecular weight excluding hydrogens is 394 g/mol. The number of rotatable bonds is 7. The molecule has 0 saturated heterocycles. The van der Waals surface area contributed by atoms with E-state index in [1.54, 1.807) is 32.9 Å². The molecule has 7 heteroatoms. The summed E-state index contributed by atoms with van der Waals surface area (Å²) in [4.78, 5) is 35.9. The van der Waals surface area contributed by atoms with Crippen LogP contribution in [0.3, 0.4) is 0 Å². The number of anilines is 1. The number of carbonyl (C=O) groups is 3. The molecule has 0 aliphatic carbocycles. The second kappa shape index (κ2) is 10.6. The van der Waals surface area contributed by atoms with E-state index in [0.29, 0.717) is 17.8 Å². The lowest BCUT2D eigenvalue weighted by Gasteiger charge is -2.19. The number of alkyl carbamates (subject to hydrolysis) is 1. The first-order chi connectivity index (χ1) is 14.5. The maximum atomic E-state index is 12.3. The lowest BCUT2D eigenvalue weighted by Crippen LogP contribution is -2.34. The first-order valence-electron chi connectivity index (χ1n) is 10.2. The Morgan fingerprint density at radius 3 is 2.19 bits per heavy atom. The van der Waals surface area contributed by atoms with Gasteiger partial charge in [0.15, 0.2) is 0 Å². The van der Waals surface area contributed by atoms with Crippen LogP contribution in [0.25, 0.3) is 0 Å². The van der Waals surface area contributed by atoms with Crippen molar-refractivity contribution in [1.29, 1.82) is 0 Å². The quantitative estimate of drug-likeness (QED) is 0.623. The highest BCUT2D eigenvalue weighted by Crippen LogP contribution is 2.12. The van der Waals surface area contributed by atoms with Crippen LogP contribution in [0.5, 0.6) is 0 Å². The summed E-state index contributed by atoms with van der Waals surface area (Å²) in [6, 6.07) is 12.9. The van der Waals surface area contributed by atoms with Gasteiger partial charge in [0.05, 0.1) is 0 Å². The maximum absolute atomic E-state index is 12.3. The number of carbonyl (C=O) groups excluding carboxylic acids is 3. The summed E-state index contributed by atoms with van der Waals surface area (Å²) in [5.41, 5.74) is 3.84. The Bertz CT molecular complexity index is 931. The van der Waals surface area contributed by atoms with Crippen LogP contribution in [-0.2, 0) is 16.1 Å². The van der Waals surface area contributed by atoms with Gasteiger partial charge in [-0.15, -0.1) is 0 Å². The normalized spacial score (nSPS) is 10.9. The Kier molecular flexibility index (Phi) is 8.19. The molecular formula is C24H31N3O4. The average molecular weight is 426 g/mol. The number of hydrogen-bond acceptors (Lipinski definition) is 4. The number of benzene rings is 2. The number of amides is 3. The summed E-state index contributed by atoms with van der Waals surface area (Å²) in [6.07, 6.45) is -0.417. The second-order valence-electron chi connectivity index (χ2n) is 8.41. The smallest absolute Gasteiger partial charge is 0.407 e. The van der Waals surface area contributed by atoms with Crippen molar-refractivity contribution in [1.82, 2.24) is 10.6 Å². The molecule has 7 nitrogen and oxygen atoms in total. The van der Waals surface area contributed by atoms with Gasteiger partial charge in [0.2, 0.25) is 5.91 Å². The van der Waals surface area contributed by atoms with Gasteiger partial charge in [-0.25, -0.2) is 4.79 Å². The zero-order valence-electron chi connectivity index (χ0n) is 18.8. The molecule has 0 unspecified atom stereocenters. The summed E-state index contributed by atoms with van der Waals surface area (Å²) in [7, 11) is 0. The van der Waals surface area contributed by atoms with Crippen LogP contribution in [0.4, 0.5) is 10.5 Å². The molecule has 31 heavy (non-hydrogen) atoms. The Morgan fingerprint density at radius 1 is 0.903 bits per heavy atom. The van der Waals surface area contributed by atoms with E-state index in [0.717, 1.165) is 16.7 Å². The number of hydrogen-bond donors (Lipinski definition) is 3. The molecule has 3 N–H and O–H groups in total. The Morgan fingerprint density at radius 2 is 1.58 bits per heavy atom. The van der Waals surface area contributed by atoms with Gasteiger partial charge in [0.25, 0.3) is 5.91 Å². The summed E-state index contributed by atoms with van der Waals surface area (Å²) in [5, 5.41) is 8.22. The lowest BCUT2D eigenvalue weighted by atomic mass is 10.1. The highest BCUT2D eigenvalue weighted by molar-refractivity contribution is 5.94. The molecule has 0 atom stereocenters. The number of nitrogens with one attached hydrogen (secondary N) is 3. The van der Waals surface area contributed by atoms with Crippen LogP contribution in [0.1, 0.15) is 54.2 Å². The third kappa shape index (κ3) is 8.50. The predicted molar refractivity (Wildman–Crippen MR) is 121 cm³/mol. The highest BCUT2D eigenvalue weighted by atomic mass is 16.6. The average Bonchev–Trinajstić information content (AvgIpc) is 2.68. The Hall–Kier alpha value is -3.35. The van der Waals surface area contributed by atoms with Crippen LogP contribution < -0.4 is 16.0 Å². The molecule has 0 radical (unpaired) electrons. The van der Waals surface area contributed by atoms with E-state index in [1.165, 1.54) is 0 Å². The summed E-state index contributed by atoms with van der Waals surface area (Å²) >= 11 is 0. The minimum atomic E-state index is -0.577. The second-order valence-corrected chi connectivity index (χ2v) is 8.41. The fourth-order valence-electron chi connectivity index (χ4n) is 2.69. The standard InChI is InChI=1S/C24H31N3O4/c1-16-6-9-19(14-17(16)2)22(29)26-15-18-7-10-20(11-8-18)27-21(28)12-13-25-23(30)31-24(3,4)5/h6-11,14H,12-13,15H2,1-5H3,(H,25,30)(H,26,29)(H,27,28). The molecule has 0 fully saturated rings. The van der Waals surface area contributed by atoms with Gasteiger partial charge in [-0.05, 0) is 75.6 Å². The summed E-state index contributed by atoms with van der Waals surface area (Å²) < 4.78 is 5.12. The SMILES string of the molecule is Cc1ccc(C(=O)NCc2ccc(NC(=O)CCNC(=O)OC(C)(C)C)cc2)cc1C. The van der Waals surface area contributed by atoms with Crippen molar-refractivity contribution in [3.63, 3.8) is 0 Å². The summed E-state index contributed by atoms with van der Waals surface area (Å²) in [6.45, 7) is 9.89. The van der Waals surface area contributed by atoms with Crippen LogP contribution in [0.2, 0.25) is 0 Å². The van der Waals surface area contributed by atoms with Gasteiger partial charge in [-0.3, -0.25) is 9.59 Å². The molecule has 3 amide bonds. The molecule has 0 bridgehead atoms. The first-order valence-corrected chi connectivity index (χ1v) is 10.2. The van der Waals surface area contributed by atoms with E-state index in [9.17, 15) is 14.4 Å². The van der Waals surface area contributed by atoms with Gasteiger partial charge in [-0.1, -0.05) is 18.2 Å². The van der Waals surface area contributed by atoms with Crippen LogP contribution in [0, 0.1) is 13.8 Å². The zero-order valence-corrected chi connectivity index (χ0v) is 18.8. The minimum absolute atomic E-state index is 0.127. The minimum Gasteiger partial charge on any atom is -0.444 e. The van der Waals surface area contributed by atoms with Gasteiger partial charge >= 0.3 is 6.09 Å². The van der Waals surface area contributed by atoms with Crippen molar-refractivity contribution in [3.05, 3.63) is 64.7 Å². The molecule has 0 aromatic heterocycles. The van der Waals surface area contributed by atoms with Crippen molar-refractivity contribution in [2.45, 2.75) is 53.2 Å². The molecule has 0 saturated carbocycles. The molecule has 166 valence electrons. The van der Waals surface area contributed by atoms with Crippen molar-refractivity contribution in [2.24, 2.45) is 0 Å².